The number of nitrogens with zero attached hydrogens (tertiary/aromatic N) is 1. The van der Waals surface area contributed by atoms with Gasteiger partial charge in [-0.3, -0.25) is 4.79 Å². The van der Waals surface area contributed by atoms with Gasteiger partial charge in [0.25, 0.3) is 5.91 Å². The van der Waals surface area contributed by atoms with Crippen LogP contribution >= 0.6 is 0 Å². The molecule has 0 bridgehead atoms. The van der Waals surface area contributed by atoms with Crippen molar-refractivity contribution in [2.45, 2.75) is 13.3 Å². The van der Waals surface area contributed by atoms with E-state index < -0.39 is 5.91 Å². The van der Waals surface area contributed by atoms with Gasteiger partial charge in [-0.05, 0) is 42.7 Å². The molecule has 2 aromatic carbocycles. The number of hydrogen-bond acceptors (Lipinski definition) is 5. The first-order valence-electron chi connectivity index (χ1n) is 8.50. The summed E-state index contributed by atoms with van der Waals surface area (Å²) < 4.78 is 10.5. The second-order valence-corrected chi connectivity index (χ2v) is 5.83. The highest BCUT2D eigenvalue weighted by atomic mass is 16.5. The molecule has 0 saturated heterocycles. The average Bonchev–Trinajstić information content (AvgIpc) is 2.69. The van der Waals surface area contributed by atoms with Crippen LogP contribution in [0.15, 0.2) is 54.2 Å². The van der Waals surface area contributed by atoms with Crippen molar-refractivity contribution in [1.82, 2.24) is 5.32 Å². The number of methoxy groups -OCH3 is 2. The number of benzene rings is 2. The molecule has 0 radical (unpaired) electrons. The minimum absolute atomic E-state index is 0.0190. The first-order valence-corrected chi connectivity index (χ1v) is 8.50. The lowest BCUT2D eigenvalue weighted by Crippen LogP contribution is -2.18. The van der Waals surface area contributed by atoms with E-state index in [0.717, 1.165) is 11.1 Å². The number of para-hydroxylation sites is 1. The zero-order chi connectivity index (χ0) is 19.6. The molecule has 0 spiro atoms. The third kappa shape index (κ3) is 5.51. The maximum atomic E-state index is 12.2. The maximum absolute atomic E-state index is 12.2. The summed E-state index contributed by atoms with van der Waals surface area (Å²) in [5.74, 6) is 0.903. The predicted molar refractivity (Wildman–Crippen MR) is 105 cm³/mol. The Kier molecular flexibility index (Phi) is 7.26. The third-order valence-corrected chi connectivity index (χ3v) is 4.01. The molecule has 0 fully saturated rings. The lowest BCUT2D eigenvalue weighted by molar-refractivity contribution is -0.112. The molecule has 140 valence electrons. The number of carbonyl (C=O) groups excluding carboxylic acids is 1. The van der Waals surface area contributed by atoms with Crippen LogP contribution in [0.25, 0.3) is 0 Å². The fourth-order valence-corrected chi connectivity index (χ4v) is 2.48. The van der Waals surface area contributed by atoms with Crippen LogP contribution in [-0.4, -0.2) is 26.7 Å². The van der Waals surface area contributed by atoms with Gasteiger partial charge in [0, 0.05) is 18.4 Å². The van der Waals surface area contributed by atoms with Crippen molar-refractivity contribution in [2.24, 2.45) is 0 Å². The number of hydrogen-bond donors (Lipinski definition) is 2. The van der Waals surface area contributed by atoms with Gasteiger partial charge >= 0.3 is 0 Å². The summed E-state index contributed by atoms with van der Waals surface area (Å²) in [5, 5.41) is 15.0. The largest absolute Gasteiger partial charge is 0.493 e. The lowest BCUT2D eigenvalue weighted by atomic mass is 10.1. The van der Waals surface area contributed by atoms with Gasteiger partial charge in [-0.25, -0.2) is 0 Å². The SMILES string of the molecule is COc1ccc(CCN/C=C(/C#N)C(=O)Nc2ccccc2C)cc1OC. The van der Waals surface area contributed by atoms with Crippen LogP contribution in [0.2, 0.25) is 0 Å². The van der Waals surface area contributed by atoms with E-state index in [9.17, 15) is 10.1 Å². The molecule has 2 aromatic rings. The minimum Gasteiger partial charge on any atom is -0.493 e. The Hall–Kier alpha value is -3.46. The highest BCUT2D eigenvalue weighted by molar-refractivity contribution is 6.06. The van der Waals surface area contributed by atoms with Crippen molar-refractivity contribution < 1.29 is 14.3 Å². The van der Waals surface area contributed by atoms with Gasteiger partial charge in [0.15, 0.2) is 11.5 Å². The lowest BCUT2D eigenvalue weighted by Gasteiger charge is -2.10. The van der Waals surface area contributed by atoms with Crippen LogP contribution in [-0.2, 0) is 11.2 Å². The van der Waals surface area contributed by atoms with E-state index in [2.05, 4.69) is 10.6 Å². The summed E-state index contributed by atoms with van der Waals surface area (Å²) in [4.78, 5) is 12.2. The van der Waals surface area contributed by atoms with Crippen LogP contribution in [0.4, 0.5) is 5.69 Å². The fraction of sp³-hybridized carbons (Fsp3) is 0.238. The van der Waals surface area contributed by atoms with E-state index in [0.29, 0.717) is 30.2 Å². The van der Waals surface area contributed by atoms with Gasteiger partial charge in [-0.1, -0.05) is 24.3 Å². The summed E-state index contributed by atoms with van der Waals surface area (Å²) in [6, 6.07) is 15.0. The second kappa shape index (κ2) is 9.88. The number of anilines is 1. The molecule has 0 aliphatic carbocycles. The smallest absolute Gasteiger partial charge is 0.267 e. The molecule has 0 aliphatic rings. The van der Waals surface area contributed by atoms with Gasteiger partial charge < -0.3 is 20.1 Å². The second-order valence-electron chi connectivity index (χ2n) is 5.83. The summed E-state index contributed by atoms with van der Waals surface area (Å²) >= 11 is 0. The Morgan fingerprint density at radius 1 is 1.15 bits per heavy atom. The fourth-order valence-electron chi connectivity index (χ4n) is 2.48. The van der Waals surface area contributed by atoms with E-state index in [1.54, 1.807) is 20.3 Å². The molecular formula is C21H23N3O3. The van der Waals surface area contributed by atoms with E-state index in [-0.39, 0.29) is 5.57 Å². The summed E-state index contributed by atoms with van der Waals surface area (Å²) in [5.41, 5.74) is 2.69. The molecule has 6 nitrogen and oxygen atoms in total. The van der Waals surface area contributed by atoms with Crippen LogP contribution in [0.3, 0.4) is 0 Å². The van der Waals surface area contributed by atoms with Crippen molar-refractivity contribution in [2.75, 3.05) is 26.1 Å². The van der Waals surface area contributed by atoms with Crippen molar-refractivity contribution in [3.8, 4) is 17.6 Å². The molecule has 0 heterocycles. The van der Waals surface area contributed by atoms with Gasteiger partial charge in [0.1, 0.15) is 11.6 Å². The quantitative estimate of drug-likeness (QED) is 0.426. The Morgan fingerprint density at radius 3 is 2.56 bits per heavy atom. The third-order valence-electron chi connectivity index (χ3n) is 4.01. The Bertz CT molecular complexity index is 869. The molecule has 27 heavy (non-hydrogen) atoms. The van der Waals surface area contributed by atoms with Crippen LogP contribution in [0.1, 0.15) is 11.1 Å². The van der Waals surface area contributed by atoms with Crippen molar-refractivity contribution >= 4 is 11.6 Å². The Labute approximate surface area is 159 Å². The normalized spacial score (nSPS) is 10.7. The van der Waals surface area contributed by atoms with E-state index in [1.165, 1.54) is 6.20 Å². The topological polar surface area (TPSA) is 83.4 Å². The number of carbonyl (C=O) groups is 1. The number of ether oxygens (including phenoxy) is 2. The number of aryl methyl sites for hydroxylation is 1. The number of rotatable bonds is 8. The molecule has 0 saturated carbocycles. The first kappa shape index (κ1) is 19.9. The summed E-state index contributed by atoms with van der Waals surface area (Å²) in [6.45, 7) is 2.46. The molecule has 2 rings (SSSR count). The average molecular weight is 365 g/mol. The van der Waals surface area contributed by atoms with Crippen LogP contribution in [0.5, 0.6) is 11.5 Å². The molecule has 0 aromatic heterocycles. The molecule has 0 aliphatic heterocycles. The van der Waals surface area contributed by atoms with Gasteiger partial charge in [0.2, 0.25) is 0 Å². The maximum Gasteiger partial charge on any atom is 0.267 e. The van der Waals surface area contributed by atoms with Crippen LogP contribution < -0.4 is 20.1 Å². The zero-order valence-electron chi connectivity index (χ0n) is 15.7. The molecular weight excluding hydrogens is 342 g/mol. The molecule has 1 amide bonds. The number of amides is 1. The number of nitrogens with one attached hydrogen (secondary N) is 2. The minimum atomic E-state index is -0.439. The summed E-state index contributed by atoms with van der Waals surface area (Å²) in [6.07, 6.45) is 2.14. The van der Waals surface area contributed by atoms with Gasteiger partial charge in [-0.15, -0.1) is 0 Å². The summed E-state index contributed by atoms with van der Waals surface area (Å²) in [7, 11) is 3.18. The number of nitriles is 1. The highest BCUT2D eigenvalue weighted by Gasteiger charge is 2.10. The van der Waals surface area contributed by atoms with Crippen molar-refractivity contribution in [3.63, 3.8) is 0 Å². The van der Waals surface area contributed by atoms with Crippen molar-refractivity contribution in [3.05, 3.63) is 65.4 Å². The van der Waals surface area contributed by atoms with E-state index in [1.807, 2.05) is 49.4 Å². The Morgan fingerprint density at radius 2 is 1.89 bits per heavy atom. The van der Waals surface area contributed by atoms with E-state index >= 15 is 0 Å². The molecule has 0 atom stereocenters. The highest BCUT2D eigenvalue weighted by Crippen LogP contribution is 2.27. The van der Waals surface area contributed by atoms with E-state index in [4.69, 9.17) is 9.47 Å². The Balaban J connectivity index is 1.93. The van der Waals surface area contributed by atoms with Gasteiger partial charge in [-0.2, -0.15) is 5.26 Å². The molecule has 2 N–H and O–H groups in total. The predicted octanol–water partition coefficient (Wildman–Crippen LogP) is 3.19. The van der Waals surface area contributed by atoms with Gasteiger partial charge in [0.05, 0.1) is 14.2 Å². The molecule has 6 heteroatoms. The first-order chi connectivity index (χ1) is 13.1. The van der Waals surface area contributed by atoms with Crippen molar-refractivity contribution in [1.29, 1.82) is 5.26 Å². The molecule has 0 unspecified atom stereocenters. The monoisotopic (exact) mass is 365 g/mol. The standard InChI is InChI=1S/C21H23N3O3/c1-15-6-4-5-7-18(15)24-21(25)17(13-22)14-23-11-10-16-8-9-19(26-2)20(12-16)27-3/h4-9,12,14,23H,10-11H2,1-3H3,(H,24,25)/b17-14-. The van der Waals surface area contributed by atoms with Crippen LogP contribution in [0, 0.1) is 18.3 Å². The zero-order valence-corrected chi connectivity index (χ0v) is 15.7.